The summed E-state index contributed by atoms with van der Waals surface area (Å²) >= 11 is 0. The molecule has 0 aliphatic rings. The zero-order chi connectivity index (χ0) is 12.7. The Kier molecular flexibility index (Phi) is 6.30. The number of rotatable bonds is 5. The van der Waals surface area contributed by atoms with E-state index >= 15 is 0 Å². The van der Waals surface area contributed by atoms with Crippen LogP contribution in [-0.4, -0.2) is 30.5 Å². The van der Waals surface area contributed by atoms with E-state index in [1.54, 1.807) is 0 Å². The minimum Gasteiger partial charge on any atom is -0.464 e. The highest BCUT2D eigenvalue weighted by Crippen LogP contribution is 2.04. The molecule has 0 aliphatic carbocycles. The molecule has 1 atom stereocenters. The maximum atomic E-state index is 11.3. The third kappa shape index (κ3) is 4.87. The second-order valence-corrected chi connectivity index (χ2v) is 3.70. The molecule has 4 nitrogen and oxygen atoms in total. The van der Waals surface area contributed by atoms with E-state index < -0.39 is 5.97 Å². The van der Waals surface area contributed by atoms with Gasteiger partial charge in [0.05, 0.1) is 18.9 Å². The Labute approximate surface area is 96.9 Å². The normalized spacial score (nSPS) is 14.6. The van der Waals surface area contributed by atoms with E-state index in [2.05, 4.69) is 16.7 Å². The van der Waals surface area contributed by atoms with Gasteiger partial charge in [0.1, 0.15) is 0 Å². The van der Waals surface area contributed by atoms with Gasteiger partial charge >= 0.3 is 5.97 Å². The van der Waals surface area contributed by atoms with Crippen LogP contribution in [0.25, 0.3) is 0 Å². The van der Waals surface area contributed by atoms with Crippen molar-refractivity contribution >= 4 is 17.4 Å². The molecule has 0 aliphatic heterocycles. The highest BCUT2D eigenvalue weighted by atomic mass is 16.5. The topological polar surface area (TPSA) is 62.5 Å². The molecule has 0 bridgehead atoms. The van der Waals surface area contributed by atoms with E-state index in [1.165, 1.54) is 19.6 Å². The zero-order valence-electron chi connectivity index (χ0n) is 10.6. The van der Waals surface area contributed by atoms with Crippen molar-refractivity contribution in [3.63, 3.8) is 0 Å². The fourth-order valence-corrected chi connectivity index (χ4v) is 1.17. The number of ether oxygens (including phenoxy) is 1. The third-order valence-corrected chi connectivity index (χ3v) is 2.15. The summed E-state index contributed by atoms with van der Waals surface area (Å²) in [5, 5.41) is 7.45. The third-order valence-electron chi connectivity index (χ3n) is 2.15. The van der Waals surface area contributed by atoms with Crippen molar-refractivity contribution in [2.75, 3.05) is 7.11 Å². The Morgan fingerprint density at radius 2 is 2.06 bits per heavy atom. The molecule has 0 spiro atoms. The highest BCUT2D eigenvalue weighted by molar-refractivity contribution is 6.64. The van der Waals surface area contributed by atoms with E-state index in [-0.39, 0.29) is 17.5 Å². The lowest BCUT2D eigenvalue weighted by molar-refractivity contribution is -0.132. The predicted molar refractivity (Wildman–Crippen MR) is 66.4 cm³/mol. The number of hydrogen-bond acceptors (Lipinski definition) is 4. The van der Waals surface area contributed by atoms with Crippen molar-refractivity contribution in [3.8, 4) is 0 Å². The number of aliphatic imine (C=N–C) groups is 1. The van der Waals surface area contributed by atoms with Crippen LogP contribution in [0.15, 0.2) is 16.6 Å². The van der Waals surface area contributed by atoms with Crippen LogP contribution in [0.5, 0.6) is 0 Å². The number of allylic oxidation sites excluding steroid dienone is 1. The molecule has 90 valence electrons. The Balaban J connectivity index is 4.94. The summed E-state index contributed by atoms with van der Waals surface area (Å²) in [5.41, 5.74) is 1.43. The first-order valence-corrected chi connectivity index (χ1v) is 5.31. The Morgan fingerprint density at radius 1 is 1.50 bits per heavy atom. The molecule has 0 rings (SSSR count). The molecule has 0 fully saturated rings. The fourth-order valence-electron chi connectivity index (χ4n) is 1.17. The SMILES string of the molecule is CCC(C)=CC(C)N=C(C(C)=N)C(=O)OC. The second-order valence-electron chi connectivity index (χ2n) is 3.70. The van der Waals surface area contributed by atoms with Crippen LogP contribution in [0.1, 0.15) is 34.1 Å². The number of carbonyl (C=O) groups is 1. The summed E-state index contributed by atoms with van der Waals surface area (Å²) in [6, 6.07) is -0.116. The summed E-state index contributed by atoms with van der Waals surface area (Å²) in [6.45, 7) is 7.48. The molecule has 0 amide bonds. The Bertz CT molecular complexity index is 330. The maximum absolute atomic E-state index is 11.3. The van der Waals surface area contributed by atoms with E-state index in [0.717, 1.165) is 6.42 Å². The van der Waals surface area contributed by atoms with Crippen LogP contribution < -0.4 is 0 Å². The van der Waals surface area contributed by atoms with Gasteiger partial charge in [-0.1, -0.05) is 18.6 Å². The lowest BCUT2D eigenvalue weighted by Gasteiger charge is -2.06. The average Bonchev–Trinajstić information content (AvgIpc) is 2.24. The second kappa shape index (κ2) is 6.93. The largest absolute Gasteiger partial charge is 0.464 e. The molecule has 4 heteroatoms. The molecule has 0 saturated heterocycles. The van der Waals surface area contributed by atoms with Gasteiger partial charge in [-0.15, -0.1) is 0 Å². The molecular formula is C12H20N2O2. The molecule has 1 unspecified atom stereocenters. The molecule has 0 aromatic heterocycles. The summed E-state index contributed by atoms with van der Waals surface area (Å²) in [4.78, 5) is 15.5. The van der Waals surface area contributed by atoms with Crippen LogP contribution >= 0.6 is 0 Å². The van der Waals surface area contributed by atoms with Gasteiger partial charge < -0.3 is 10.1 Å². The zero-order valence-corrected chi connectivity index (χ0v) is 10.6. The standard InChI is InChI=1S/C12H20N2O2/c1-6-8(2)7-9(3)14-11(10(4)13)12(15)16-5/h7,9,13H,6H2,1-5H3. The van der Waals surface area contributed by atoms with Crippen LogP contribution in [0, 0.1) is 5.41 Å². The van der Waals surface area contributed by atoms with E-state index in [4.69, 9.17) is 5.41 Å². The van der Waals surface area contributed by atoms with Crippen molar-refractivity contribution < 1.29 is 9.53 Å². The number of nitrogens with one attached hydrogen (secondary N) is 1. The minimum absolute atomic E-state index is 0.0927. The number of nitrogens with zero attached hydrogens (tertiary/aromatic N) is 1. The molecule has 16 heavy (non-hydrogen) atoms. The number of carbonyl (C=O) groups excluding carboxylic acids is 1. The molecule has 0 aromatic carbocycles. The van der Waals surface area contributed by atoms with E-state index in [0.29, 0.717) is 0 Å². The van der Waals surface area contributed by atoms with E-state index in [9.17, 15) is 4.79 Å². The van der Waals surface area contributed by atoms with Gasteiger partial charge in [0.2, 0.25) is 0 Å². The van der Waals surface area contributed by atoms with Gasteiger partial charge in [-0.25, -0.2) is 4.79 Å². The van der Waals surface area contributed by atoms with Crippen molar-refractivity contribution in [1.29, 1.82) is 5.41 Å². The lowest BCUT2D eigenvalue weighted by atomic mass is 10.1. The van der Waals surface area contributed by atoms with Crippen molar-refractivity contribution in [3.05, 3.63) is 11.6 Å². The monoisotopic (exact) mass is 224 g/mol. The van der Waals surface area contributed by atoms with Crippen LogP contribution in [0.3, 0.4) is 0 Å². The quantitative estimate of drug-likeness (QED) is 0.442. The molecular weight excluding hydrogens is 204 g/mol. The van der Waals surface area contributed by atoms with E-state index in [1.807, 2.05) is 19.9 Å². The lowest BCUT2D eigenvalue weighted by Crippen LogP contribution is -2.24. The molecule has 0 radical (unpaired) electrons. The van der Waals surface area contributed by atoms with Gasteiger partial charge in [-0.2, -0.15) is 0 Å². The molecule has 1 N–H and O–H groups in total. The summed E-state index contributed by atoms with van der Waals surface area (Å²) in [5.74, 6) is -0.554. The van der Waals surface area contributed by atoms with Crippen LogP contribution in [-0.2, 0) is 9.53 Å². The summed E-state index contributed by atoms with van der Waals surface area (Å²) < 4.78 is 4.57. The maximum Gasteiger partial charge on any atom is 0.358 e. The van der Waals surface area contributed by atoms with Crippen molar-refractivity contribution in [2.45, 2.75) is 40.2 Å². The first-order valence-electron chi connectivity index (χ1n) is 5.31. The first-order chi connectivity index (χ1) is 7.42. The Morgan fingerprint density at radius 3 is 2.44 bits per heavy atom. The minimum atomic E-state index is -0.554. The van der Waals surface area contributed by atoms with Crippen molar-refractivity contribution in [1.82, 2.24) is 0 Å². The summed E-state index contributed by atoms with van der Waals surface area (Å²) in [7, 11) is 1.29. The first kappa shape index (κ1) is 14.6. The molecule has 0 aromatic rings. The van der Waals surface area contributed by atoms with Crippen LogP contribution in [0.4, 0.5) is 0 Å². The van der Waals surface area contributed by atoms with Gasteiger partial charge in [-0.3, -0.25) is 4.99 Å². The number of hydrogen-bond donors (Lipinski definition) is 1. The van der Waals surface area contributed by atoms with Crippen molar-refractivity contribution in [2.24, 2.45) is 4.99 Å². The smallest absolute Gasteiger partial charge is 0.358 e. The number of esters is 1. The van der Waals surface area contributed by atoms with Crippen LogP contribution in [0.2, 0.25) is 0 Å². The molecule has 0 saturated carbocycles. The highest BCUT2D eigenvalue weighted by Gasteiger charge is 2.14. The van der Waals surface area contributed by atoms with Gasteiger partial charge in [0, 0.05) is 0 Å². The average molecular weight is 224 g/mol. The molecule has 0 heterocycles. The predicted octanol–water partition coefficient (Wildman–Crippen LogP) is 2.38. The Hall–Kier alpha value is -1.45. The summed E-state index contributed by atoms with van der Waals surface area (Å²) in [6.07, 6.45) is 2.93. The van der Waals surface area contributed by atoms with Gasteiger partial charge in [0.15, 0.2) is 5.71 Å². The number of methoxy groups -OCH3 is 1. The fraction of sp³-hybridized carbons (Fsp3) is 0.583. The van der Waals surface area contributed by atoms with Gasteiger partial charge in [0.25, 0.3) is 0 Å². The van der Waals surface area contributed by atoms with Gasteiger partial charge in [-0.05, 0) is 27.2 Å².